The van der Waals surface area contributed by atoms with E-state index in [-0.39, 0.29) is 23.3 Å². The molecule has 0 aliphatic rings. The molecule has 0 fully saturated rings. The van der Waals surface area contributed by atoms with Crippen molar-refractivity contribution in [1.29, 1.82) is 0 Å². The molecule has 0 radical (unpaired) electrons. The lowest BCUT2D eigenvalue weighted by Crippen LogP contribution is -2.15. The van der Waals surface area contributed by atoms with Crippen molar-refractivity contribution in [3.8, 4) is 5.75 Å². The second kappa shape index (κ2) is 10.5. The Morgan fingerprint density at radius 3 is 2.82 bits per heavy atom. The van der Waals surface area contributed by atoms with Gasteiger partial charge in [0, 0.05) is 17.6 Å². The van der Waals surface area contributed by atoms with Crippen LogP contribution in [0.5, 0.6) is 5.75 Å². The van der Waals surface area contributed by atoms with Crippen molar-refractivity contribution in [3.05, 3.63) is 90.0 Å². The first kappa shape index (κ1) is 22.8. The lowest BCUT2D eigenvalue weighted by atomic mass is 10.1. The van der Waals surface area contributed by atoms with E-state index in [4.69, 9.17) is 16.3 Å². The molecule has 1 aromatic heterocycles. The summed E-state index contributed by atoms with van der Waals surface area (Å²) < 4.78 is 20.7. The fourth-order valence-electron chi connectivity index (χ4n) is 3.23. The number of nitrogens with zero attached hydrogens (tertiary/aromatic N) is 3. The van der Waals surface area contributed by atoms with E-state index in [2.05, 4.69) is 22.1 Å². The van der Waals surface area contributed by atoms with Crippen LogP contribution in [0, 0.1) is 5.82 Å². The van der Waals surface area contributed by atoms with Gasteiger partial charge in [0.15, 0.2) is 11.0 Å². The third-order valence-corrected chi connectivity index (χ3v) is 6.01. The molecule has 1 N–H and O–H groups in total. The Morgan fingerprint density at radius 1 is 1.18 bits per heavy atom. The van der Waals surface area contributed by atoms with Gasteiger partial charge in [-0.1, -0.05) is 65.8 Å². The average molecular weight is 483 g/mol. The van der Waals surface area contributed by atoms with Crippen LogP contribution in [0.2, 0.25) is 5.02 Å². The van der Waals surface area contributed by atoms with Crippen LogP contribution in [-0.4, -0.2) is 26.4 Å². The molecule has 4 aromatic rings. The van der Waals surface area contributed by atoms with Crippen molar-refractivity contribution in [3.63, 3.8) is 0 Å². The topological polar surface area (TPSA) is 69.0 Å². The Bertz CT molecular complexity index is 1310. The first-order valence-corrected chi connectivity index (χ1v) is 11.4. The van der Waals surface area contributed by atoms with E-state index in [1.807, 2.05) is 42.5 Å². The number of halogens is 2. The van der Waals surface area contributed by atoms with Gasteiger partial charge in [0.05, 0.1) is 10.8 Å². The van der Waals surface area contributed by atoms with Crippen molar-refractivity contribution < 1.29 is 13.9 Å². The highest BCUT2D eigenvalue weighted by atomic mass is 35.5. The molecule has 6 nitrogen and oxygen atoms in total. The van der Waals surface area contributed by atoms with E-state index < -0.39 is 5.82 Å². The molecule has 0 saturated carbocycles. The third-order valence-electron chi connectivity index (χ3n) is 4.75. The molecule has 1 amide bonds. The Hall–Kier alpha value is -3.36. The summed E-state index contributed by atoms with van der Waals surface area (Å²) in [5.74, 6) is 0.438. The monoisotopic (exact) mass is 482 g/mol. The fourth-order valence-corrected chi connectivity index (χ4v) is 4.22. The van der Waals surface area contributed by atoms with Crippen LogP contribution < -0.4 is 10.1 Å². The van der Waals surface area contributed by atoms with E-state index in [0.717, 1.165) is 16.5 Å². The number of aromatic nitrogens is 3. The van der Waals surface area contributed by atoms with E-state index in [9.17, 15) is 9.18 Å². The summed E-state index contributed by atoms with van der Waals surface area (Å²) in [7, 11) is 0. The molecule has 0 bridgehead atoms. The second-order valence-electron chi connectivity index (χ2n) is 7.03. The number of allylic oxidation sites excluding steroid dienone is 1. The predicted octanol–water partition coefficient (Wildman–Crippen LogP) is 5.72. The molecule has 0 spiro atoms. The maximum Gasteiger partial charge on any atom is 0.234 e. The summed E-state index contributed by atoms with van der Waals surface area (Å²) in [6.07, 6.45) is 1.71. The third kappa shape index (κ3) is 5.53. The number of hydrogen-bond acceptors (Lipinski definition) is 5. The van der Waals surface area contributed by atoms with Crippen LogP contribution in [0.4, 0.5) is 10.1 Å². The molecule has 168 valence electrons. The van der Waals surface area contributed by atoms with Gasteiger partial charge in [0.25, 0.3) is 0 Å². The minimum atomic E-state index is -0.442. The molecule has 0 saturated heterocycles. The first-order valence-electron chi connectivity index (χ1n) is 10.1. The summed E-state index contributed by atoms with van der Waals surface area (Å²) >= 11 is 7.28. The van der Waals surface area contributed by atoms with Crippen molar-refractivity contribution in [2.45, 2.75) is 18.3 Å². The van der Waals surface area contributed by atoms with Crippen LogP contribution in [0.15, 0.2) is 78.5 Å². The molecule has 9 heteroatoms. The number of thioether (sulfide) groups is 1. The van der Waals surface area contributed by atoms with Crippen molar-refractivity contribution in [1.82, 2.24) is 14.8 Å². The maximum atomic E-state index is 13.2. The summed E-state index contributed by atoms with van der Waals surface area (Å²) in [6.45, 7) is 4.29. The fraction of sp³-hybridized carbons (Fsp3) is 0.125. The molecular weight excluding hydrogens is 463 g/mol. The number of carbonyl (C=O) groups is 1. The molecule has 0 aliphatic carbocycles. The zero-order valence-electron chi connectivity index (χ0n) is 17.5. The van der Waals surface area contributed by atoms with Gasteiger partial charge in [-0.2, -0.15) is 0 Å². The zero-order chi connectivity index (χ0) is 23.2. The first-order chi connectivity index (χ1) is 16.0. The van der Waals surface area contributed by atoms with Gasteiger partial charge >= 0.3 is 0 Å². The lowest BCUT2D eigenvalue weighted by molar-refractivity contribution is -0.113. The molecular formula is C24H20ClFN4O2S. The van der Waals surface area contributed by atoms with Gasteiger partial charge in [0.1, 0.15) is 18.2 Å². The SMILES string of the molecule is C=CCn1c(COc2ccc(F)cc2Cl)nnc1SCC(=O)Nc1cccc2ccccc12. The van der Waals surface area contributed by atoms with E-state index in [0.29, 0.717) is 23.3 Å². The van der Waals surface area contributed by atoms with Crippen LogP contribution in [0.1, 0.15) is 5.82 Å². The van der Waals surface area contributed by atoms with E-state index >= 15 is 0 Å². The number of anilines is 1. The van der Waals surface area contributed by atoms with Crippen molar-refractivity contribution in [2.75, 3.05) is 11.1 Å². The minimum absolute atomic E-state index is 0.0783. The summed E-state index contributed by atoms with van der Waals surface area (Å²) in [5.41, 5.74) is 0.761. The number of ether oxygens (including phenoxy) is 1. The molecule has 33 heavy (non-hydrogen) atoms. The van der Waals surface area contributed by atoms with Gasteiger partial charge in [0.2, 0.25) is 5.91 Å². The number of fused-ring (bicyclic) bond motifs is 1. The summed E-state index contributed by atoms with van der Waals surface area (Å²) in [4.78, 5) is 12.6. The second-order valence-corrected chi connectivity index (χ2v) is 8.37. The number of carbonyl (C=O) groups excluding carboxylic acids is 1. The molecule has 0 atom stereocenters. The van der Waals surface area contributed by atoms with Crippen LogP contribution >= 0.6 is 23.4 Å². The summed E-state index contributed by atoms with van der Waals surface area (Å²) in [5, 5.41) is 14.1. The van der Waals surface area contributed by atoms with Gasteiger partial charge < -0.3 is 10.1 Å². The standard InChI is InChI=1S/C24H20ClFN4O2S/c1-2-12-30-22(14-32-21-11-10-17(26)13-19(21)25)28-29-24(30)33-15-23(31)27-20-9-5-7-16-6-3-4-8-18(16)20/h2-11,13H,1,12,14-15H2,(H,27,31). The molecule has 3 aromatic carbocycles. The number of amides is 1. The minimum Gasteiger partial charge on any atom is -0.484 e. The summed E-state index contributed by atoms with van der Waals surface area (Å²) in [6, 6.07) is 17.6. The Balaban J connectivity index is 1.41. The van der Waals surface area contributed by atoms with Crippen LogP contribution in [0.3, 0.4) is 0 Å². The van der Waals surface area contributed by atoms with Gasteiger partial charge in [-0.15, -0.1) is 16.8 Å². The number of hydrogen-bond donors (Lipinski definition) is 1. The molecule has 0 unspecified atom stereocenters. The predicted molar refractivity (Wildman–Crippen MR) is 129 cm³/mol. The van der Waals surface area contributed by atoms with Gasteiger partial charge in [-0.25, -0.2) is 4.39 Å². The van der Waals surface area contributed by atoms with Gasteiger partial charge in [-0.05, 0) is 29.7 Å². The van der Waals surface area contributed by atoms with E-state index in [1.54, 1.807) is 10.6 Å². The van der Waals surface area contributed by atoms with Gasteiger partial charge in [-0.3, -0.25) is 9.36 Å². The zero-order valence-corrected chi connectivity index (χ0v) is 19.1. The lowest BCUT2D eigenvalue weighted by Gasteiger charge is -2.11. The Kier molecular flexibility index (Phi) is 7.26. The van der Waals surface area contributed by atoms with Crippen molar-refractivity contribution in [2.24, 2.45) is 0 Å². The number of nitrogens with one attached hydrogen (secondary N) is 1. The molecule has 4 rings (SSSR count). The van der Waals surface area contributed by atoms with Crippen molar-refractivity contribution >= 4 is 45.7 Å². The van der Waals surface area contributed by atoms with E-state index in [1.165, 1.54) is 30.0 Å². The Labute approximate surface area is 199 Å². The average Bonchev–Trinajstić information content (AvgIpc) is 3.19. The largest absolute Gasteiger partial charge is 0.484 e. The highest BCUT2D eigenvalue weighted by Gasteiger charge is 2.15. The van der Waals surface area contributed by atoms with Crippen LogP contribution in [-0.2, 0) is 17.9 Å². The highest BCUT2D eigenvalue weighted by molar-refractivity contribution is 7.99. The Morgan fingerprint density at radius 2 is 2.00 bits per heavy atom. The number of rotatable bonds is 9. The molecule has 0 aliphatic heterocycles. The normalized spacial score (nSPS) is 10.8. The quantitative estimate of drug-likeness (QED) is 0.244. The maximum absolute atomic E-state index is 13.2. The highest BCUT2D eigenvalue weighted by Crippen LogP contribution is 2.27. The molecule has 1 heterocycles. The number of benzene rings is 3. The van der Waals surface area contributed by atoms with Crippen LogP contribution in [0.25, 0.3) is 10.8 Å². The smallest absolute Gasteiger partial charge is 0.234 e.